The second-order valence-corrected chi connectivity index (χ2v) is 6.83. The van der Waals surface area contributed by atoms with Crippen molar-refractivity contribution in [3.8, 4) is 34.1 Å². The van der Waals surface area contributed by atoms with Crippen LogP contribution in [0.4, 0.5) is 0 Å². The summed E-state index contributed by atoms with van der Waals surface area (Å²) in [4.78, 5) is 12.5. The summed E-state index contributed by atoms with van der Waals surface area (Å²) in [6.45, 7) is 2.89. The van der Waals surface area contributed by atoms with Crippen molar-refractivity contribution < 1.29 is 23.7 Å². The van der Waals surface area contributed by atoms with Gasteiger partial charge in [-0.25, -0.2) is 0 Å². The van der Waals surface area contributed by atoms with Crippen LogP contribution in [0, 0.1) is 6.92 Å². The molecule has 0 bridgehead atoms. The fraction of sp³-hybridized carbons (Fsp3) is 0.190. The van der Waals surface area contributed by atoms with Gasteiger partial charge < -0.3 is 24.3 Å². The molecule has 27 heavy (non-hydrogen) atoms. The van der Waals surface area contributed by atoms with E-state index in [1.54, 1.807) is 0 Å². The van der Waals surface area contributed by atoms with Gasteiger partial charge in [-0.2, -0.15) is 0 Å². The smallest absolute Gasteiger partial charge is 0.252 e. The zero-order chi connectivity index (χ0) is 18.1. The Bertz CT molecular complexity index is 1170. The van der Waals surface area contributed by atoms with E-state index in [0.29, 0.717) is 12.3 Å². The highest BCUT2D eigenvalue weighted by molar-refractivity contribution is 6.13. The molecule has 3 aromatic rings. The first kappa shape index (κ1) is 14.7. The highest BCUT2D eigenvalue weighted by Crippen LogP contribution is 2.49. The third-order valence-electron chi connectivity index (χ3n) is 5.49. The maximum Gasteiger partial charge on any atom is 0.252 e. The molecule has 3 aliphatic rings. The SMILES string of the molecule is Cc1c2c(c(-c3ccc4c(c3)OCO4)c3c4c(ccc13)OCO4)CNC2=O. The van der Waals surface area contributed by atoms with Gasteiger partial charge in [-0.3, -0.25) is 4.79 Å². The van der Waals surface area contributed by atoms with Gasteiger partial charge in [-0.1, -0.05) is 12.1 Å². The van der Waals surface area contributed by atoms with Crippen molar-refractivity contribution in [1.82, 2.24) is 5.32 Å². The molecular formula is C21H15NO5. The van der Waals surface area contributed by atoms with Gasteiger partial charge in [0.1, 0.15) is 0 Å². The number of rotatable bonds is 1. The maximum absolute atomic E-state index is 12.5. The van der Waals surface area contributed by atoms with Crippen molar-refractivity contribution in [3.63, 3.8) is 0 Å². The van der Waals surface area contributed by atoms with Crippen LogP contribution in [0.2, 0.25) is 0 Å². The van der Waals surface area contributed by atoms with Crippen LogP contribution in [0.15, 0.2) is 30.3 Å². The number of ether oxygens (including phenoxy) is 4. The molecular weight excluding hydrogens is 346 g/mol. The van der Waals surface area contributed by atoms with Crippen LogP contribution in [-0.4, -0.2) is 19.5 Å². The second kappa shape index (κ2) is 5.07. The first-order valence-electron chi connectivity index (χ1n) is 8.78. The maximum atomic E-state index is 12.5. The lowest BCUT2D eigenvalue weighted by molar-refractivity contribution is 0.0965. The number of benzene rings is 3. The molecule has 0 spiro atoms. The topological polar surface area (TPSA) is 66.0 Å². The van der Waals surface area contributed by atoms with Crippen molar-refractivity contribution in [2.45, 2.75) is 13.5 Å². The van der Waals surface area contributed by atoms with Crippen molar-refractivity contribution in [3.05, 3.63) is 47.0 Å². The molecule has 0 aromatic heterocycles. The van der Waals surface area contributed by atoms with Gasteiger partial charge in [0, 0.05) is 17.5 Å². The predicted octanol–water partition coefficient (Wildman–Crippen LogP) is 3.52. The van der Waals surface area contributed by atoms with Gasteiger partial charge in [-0.15, -0.1) is 0 Å². The quantitative estimate of drug-likeness (QED) is 0.718. The minimum Gasteiger partial charge on any atom is -0.454 e. The Morgan fingerprint density at radius 2 is 1.67 bits per heavy atom. The molecule has 3 aromatic carbocycles. The number of carbonyl (C=O) groups excluding carboxylic acids is 1. The molecule has 134 valence electrons. The second-order valence-electron chi connectivity index (χ2n) is 6.83. The average Bonchev–Trinajstić information content (AvgIpc) is 3.40. The Hall–Kier alpha value is -3.41. The first-order valence-corrected chi connectivity index (χ1v) is 8.78. The molecule has 0 saturated carbocycles. The van der Waals surface area contributed by atoms with E-state index in [4.69, 9.17) is 18.9 Å². The summed E-state index contributed by atoms with van der Waals surface area (Å²) in [5, 5.41) is 4.92. The molecule has 6 nitrogen and oxygen atoms in total. The Kier molecular flexibility index (Phi) is 2.76. The summed E-state index contributed by atoms with van der Waals surface area (Å²) in [5.41, 5.74) is 4.62. The van der Waals surface area contributed by atoms with Crippen LogP contribution in [-0.2, 0) is 6.54 Å². The number of fused-ring (bicyclic) bond motifs is 5. The van der Waals surface area contributed by atoms with Crippen molar-refractivity contribution in [1.29, 1.82) is 0 Å². The highest BCUT2D eigenvalue weighted by atomic mass is 16.7. The van der Waals surface area contributed by atoms with Gasteiger partial charge >= 0.3 is 0 Å². The van der Waals surface area contributed by atoms with Crippen LogP contribution in [0.1, 0.15) is 21.5 Å². The molecule has 0 unspecified atom stereocenters. The summed E-state index contributed by atoms with van der Waals surface area (Å²) in [6.07, 6.45) is 0. The predicted molar refractivity (Wildman–Crippen MR) is 97.5 cm³/mol. The normalized spacial score (nSPS) is 16.0. The fourth-order valence-corrected chi connectivity index (χ4v) is 4.28. The minimum absolute atomic E-state index is 0.0379. The first-order chi connectivity index (χ1) is 13.2. The summed E-state index contributed by atoms with van der Waals surface area (Å²) in [5.74, 6) is 2.85. The molecule has 0 atom stereocenters. The summed E-state index contributed by atoms with van der Waals surface area (Å²) >= 11 is 0. The Morgan fingerprint density at radius 1 is 0.889 bits per heavy atom. The Morgan fingerprint density at radius 3 is 2.59 bits per heavy atom. The van der Waals surface area contributed by atoms with Gasteiger partial charge in [-0.05, 0) is 52.8 Å². The molecule has 6 heteroatoms. The van der Waals surface area contributed by atoms with Gasteiger partial charge in [0.2, 0.25) is 13.6 Å². The lowest BCUT2D eigenvalue weighted by Crippen LogP contribution is -2.13. The molecule has 1 amide bonds. The third kappa shape index (κ3) is 1.87. The van der Waals surface area contributed by atoms with Crippen LogP contribution < -0.4 is 24.3 Å². The minimum atomic E-state index is -0.0379. The largest absolute Gasteiger partial charge is 0.454 e. The van der Waals surface area contributed by atoms with E-state index >= 15 is 0 Å². The molecule has 0 saturated heterocycles. The van der Waals surface area contributed by atoms with Crippen LogP contribution in [0.3, 0.4) is 0 Å². The highest BCUT2D eigenvalue weighted by Gasteiger charge is 2.31. The molecule has 3 heterocycles. The van der Waals surface area contributed by atoms with Gasteiger partial charge in [0.05, 0.1) is 0 Å². The zero-order valence-corrected chi connectivity index (χ0v) is 14.5. The monoisotopic (exact) mass is 361 g/mol. The van der Waals surface area contributed by atoms with E-state index in [2.05, 4.69) is 5.32 Å². The summed E-state index contributed by atoms with van der Waals surface area (Å²) in [6, 6.07) is 9.77. The number of aryl methyl sites for hydroxylation is 1. The van der Waals surface area contributed by atoms with Crippen molar-refractivity contribution in [2.75, 3.05) is 13.6 Å². The van der Waals surface area contributed by atoms with Crippen molar-refractivity contribution >= 4 is 16.7 Å². The number of hydrogen-bond donors (Lipinski definition) is 1. The molecule has 0 radical (unpaired) electrons. The molecule has 6 rings (SSSR count). The van der Waals surface area contributed by atoms with E-state index in [9.17, 15) is 4.79 Å². The van der Waals surface area contributed by atoms with Crippen molar-refractivity contribution in [2.24, 2.45) is 0 Å². The lowest BCUT2D eigenvalue weighted by Gasteiger charge is -2.17. The van der Waals surface area contributed by atoms with Gasteiger partial charge in [0.25, 0.3) is 5.91 Å². The van der Waals surface area contributed by atoms with E-state index in [1.807, 2.05) is 37.3 Å². The lowest BCUT2D eigenvalue weighted by atomic mass is 9.86. The Balaban J connectivity index is 1.76. The molecule has 3 aliphatic heterocycles. The fourth-order valence-electron chi connectivity index (χ4n) is 4.28. The van der Waals surface area contributed by atoms with E-state index in [0.717, 1.165) is 55.8 Å². The third-order valence-corrected chi connectivity index (χ3v) is 5.49. The number of hydrogen-bond acceptors (Lipinski definition) is 5. The standard InChI is InChI=1S/C21H15NO5/c1-10-12-3-5-15-20(27-9-25-15)19(12)18(13-7-22-21(23)17(10)13)11-2-4-14-16(6-11)26-8-24-14/h2-6H,7-9H2,1H3,(H,22,23). The number of amides is 1. The Labute approximate surface area is 154 Å². The van der Waals surface area contributed by atoms with Crippen LogP contribution >= 0.6 is 0 Å². The number of carbonyl (C=O) groups is 1. The van der Waals surface area contributed by atoms with E-state index in [1.165, 1.54) is 0 Å². The molecule has 1 N–H and O–H groups in total. The molecule has 0 fully saturated rings. The van der Waals surface area contributed by atoms with E-state index < -0.39 is 0 Å². The van der Waals surface area contributed by atoms with Crippen LogP contribution in [0.25, 0.3) is 21.9 Å². The van der Waals surface area contributed by atoms with Gasteiger partial charge in [0.15, 0.2) is 23.0 Å². The van der Waals surface area contributed by atoms with Crippen LogP contribution in [0.5, 0.6) is 23.0 Å². The molecule has 0 aliphatic carbocycles. The summed E-state index contributed by atoms with van der Waals surface area (Å²) < 4.78 is 22.4. The number of nitrogens with one attached hydrogen (secondary N) is 1. The average molecular weight is 361 g/mol. The zero-order valence-electron chi connectivity index (χ0n) is 14.5. The summed E-state index contributed by atoms with van der Waals surface area (Å²) in [7, 11) is 0. The van der Waals surface area contributed by atoms with E-state index in [-0.39, 0.29) is 19.5 Å².